The summed E-state index contributed by atoms with van der Waals surface area (Å²) >= 11 is 0. The van der Waals surface area contributed by atoms with E-state index < -0.39 is 34.6 Å². The Balaban J connectivity index is 0.000000597. The third kappa shape index (κ3) is 6.15. The minimum atomic E-state index is -4.07. The number of rotatable bonds is 4. The highest BCUT2D eigenvalue weighted by Crippen LogP contribution is 2.30. The highest BCUT2D eigenvalue weighted by atomic mass is 32.3. The Hall–Kier alpha value is -0.760. The first-order chi connectivity index (χ1) is 12.3. The Morgan fingerprint density at radius 1 is 0.808 bits per heavy atom. The van der Waals surface area contributed by atoms with E-state index in [2.05, 4.69) is 4.79 Å². The van der Waals surface area contributed by atoms with Crippen molar-refractivity contribution in [3.05, 3.63) is 5.53 Å². The zero-order valence-electron chi connectivity index (χ0n) is 15.9. The molecule has 0 heterocycles. The second-order valence-electron chi connectivity index (χ2n) is 6.76. The lowest BCUT2D eigenvalue weighted by Gasteiger charge is -2.22. The van der Waals surface area contributed by atoms with Crippen LogP contribution in [0.4, 0.5) is 0 Å². The quantitative estimate of drug-likeness (QED) is 0.307. The van der Waals surface area contributed by atoms with Crippen LogP contribution < -0.4 is 0 Å². The van der Waals surface area contributed by atoms with Crippen LogP contribution in [0.5, 0.6) is 0 Å². The summed E-state index contributed by atoms with van der Waals surface area (Å²) in [4.78, 5) is 2.72. The van der Waals surface area contributed by atoms with Gasteiger partial charge in [0.05, 0.1) is 10.5 Å². The zero-order valence-corrected chi connectivity index (χ0v) is 17.5. The minimum Gasteiger partial charge on any atom is -0.382 e. The van der Waals surface area contributed by atoms with Crippen molar-refractivity contribution < 1.29 is 26.4 Å². The first-order valence-electron chi connectivity index (χ1n) is 9.59. The molecule has 0 saturated heterocycles. The van der Waals surface area contributed by atoms with E-state index in [0.29, 0.717) is 25.7 Å². The molecule has 26 heavy (non-hydrogen) atoms. The highest BCUT2D eigenvalue weighted by Gasteiger charge is 2.49. The van der Waals surface area contributed by atoms with Crippen LogP contribution in [0.2, 0.25) is 0 Å². The lowest BCUT2D eigenvalue weighted by atomic mass is 10.0. The van der Waals surface area contributed by atoms with Gasteiger partial charge in [0.2, 0.25) is 0 Å². The van der Waals surface area contributed by atoms with E-state index in [1.54, 1.807) is 0 Å². The Morgan fingerprint density at radius 2 is 1.15 bits per heavy atom. The molecule has 2 aliphatic rings. The second kappa shape index (κ2) is 11.2. The summed E-state index contributed by atoms with van der Waals surface area (Å²) in [7, 11) is -8.14. The maximum atomic E-state index is 12.5. The van der Waals surface area contributed by atoms with Crippen LogP contribution in [0.1, 0.15) is 78.1 Å². The number of nitrogens with zero attached hydrogens (tertiary/aromatic N) is 2. The standard InChI is InChI=1S/C13H22N2O4S2.C4H10O/c14-15-13(20(16,17)11-7-3-1-4-8-11)21(18,19)12-9-5-2-6-10-12;1-3-5-4-2/h11-12H,1-10H2;3-4H2,1-2H3. The normalized spacial score (nSPS) is 19.9. The Bertz CT molecular complexity index is 618. The number of hydrogen-bond acceptors (Lipinski definition) is 5. The van der Waals surface area contributed by atoms with Gasteiger partial charge in [0.25, 0.3) is 19.7 Å². The van der Waals surface area contributed by atoms with Gasteiger partial charge in [0.1, 0.15) is 0 Å². The van der Waals surface area contributed by atoms with Gasteiger partial charge in [0.15, 0.2) is 0 Å². The van der Waals surface area contributed by atoms with E-state index in [4.69, 9.17) is 10.3 Å². The van der Waals surface area contributed by atoms with E-state index in [1.807, 2.05) is 13.8 Å². The fourth-order valence-electron chi connectivity index (χ4n) is 3.52. The van der Waals surface area contributed by atoms with Crippen molar-refractivity contribution in [1.29, 1.82) is 0 Å². The van der Waals surface area contributed by atoms with Gasteiger partial charge in [-0.15, -0.1) is 4.79 Å². The van der Waals surface area contributed by atoms with Gasteiger partial charge in [-0.1, -0.05) is 38.5 Å². The van der Waals surface area contributed by atoms with Crippen molar-refractivity contribution in [1.82, 2.24) is 0 Å². The molecule has 7 nitrogen and oxygen atoms in total. The van der Waals surface area contributed by atoms with Gasteiger partial charge in [-0.2, -0.15) is 0 Å². The van der Waals surface area contributed by atoms with Crippen LogP contribution in [0, 0.1) is 0 Å². The molecule has 152 valence electrons. The summed E-state index contributed by atoms with van der Waals surface area (Å²) in [6, 6.07) is 0. The Labute approximate surface area is 158 Å². The van der Waals surface area contributed by atoms with E-state index in [1.165, 1.54) is 0 Å². The van der Waals surface area contributed by atoms with Crippen LogP contribution in [0.3, 0.4) is 0 Å². The predicted octanol–water partition coefficient (Wildman–Crippen LogP) is 3.11. The largest absolute Gasteiger partial charge is 0.495 e. The van der Waals surface area contributed by atoms with Gasteiger partial charge in [-0.3, -0.25) is 0 Å². The molecular formula is C17H32N2O5S2. The van der Waals surface area contributed by atoms with Crippen LogP contribution in [0.25, 0.3) is 5.53 Å². The van der Waals surface area contributed by atoms with Crippen molar-refractivity contribution in [3.63, 3.8) is 0 Å². The number of sulfone groups is 2. The summed E-state index contributed by atoms with van der Waals surface area (Å²) in [5.41, 5.74) is 9.09. The first-order valence-corrected chi connectivity index (χ1v) is 12.7. The molecule has 0 aliphatic heterocycles. The molecule has 0 unspecified atom stereocenters. The van der Waals surface area contributed by atoms with Crippen LogP contribution in [0.15, 0.2) is 0 Å². The van der Waals surface area contributed by atoms with E-state index in [-0.39, 0.29) is 0 Å². The molecule has 0 bridgehead atoms. The van der Waals surface area contributed by atoms with Crippen LogP contribution in [-0.4, -0.2) is 49.7 Å². The molecular weight excluding hydrogens is 376 g/mol. The lowest BCUT2D eigenvalue weighted by molar-refractivity contribution is 0.00360. The van der Waals surface area contributed by atoms with Crippen LogP contribution in [-0.2, 0) is 24.4 Å². The average molecular weight is 409 g/mol. The fraction of sp³-hybridized carbons (Fsp3) is 0.941. The van der Waals surface area contributed by atoms with Crippen molar-refractivity contribution in [2.45, 2.75) is 88.6 Å². The number of ether oxygens (including phenoxy) is 1. The maximum Gasteiger partial charge on any atom is 0.495 e. The summed E-state index contributed by atoms with van der Waals surface area (Å²) in [5.74, 6) is 0. The molecule has 0 radical (unpaired) electrons. The molecule has 0 aromatic carbocycles. The van der Waals surface area contributed by atoms with Crippen molar-refractivity contribution in [3.8, 4) is 0 Å². The Morgan fingerprint density at radius 3 is 1.38 bits per heavy atom. The van der Waals surface area contributed by atoms with E-state index >= 15 is 0 Å². The minimum absolute atomic E-state index is 0.446. The third-order valence-electron chi connectivity index (χ3n) is 4.96. The molecule has 0 N–H and O–H groups in total. The van der Waals surface area contributed by atoms with Gasteiger partial charge in [0, 0.05) is 13.2 Å². The van der Waals surface area contributed by atoms with Crippen molar-refractivity contribution in [2.75, 3.05) is 13.2 Å². The second-order valence-corrected chi connectivity index (χ2v) is 11.3. The van der Waals surface area contributed by atoms with Gasteiger partial charge >= 0.3 is 4.38 Å². The number of hydrogen-bond donors (Lipinski definition) is 0. The molecule has 2 rings (SSSR count). The molecule has 0 amide bonds. The van der Waals surface area contributed by atoms with Gasteiger partial charge in [-0.05, 0) is 39.5 Å². The summed E-state index contributed by atoms with van der Waals surface area (Å²) in [5, 5.41) is -1.45. The zero-order chi connectivity index (χ0) is 19.6. The topological polar surface area (TPSA) is 114 Å². The highest BCUT2D eigenvalue weighted by molar-refractivity contribution is 8.31. The molecule has 0 spiro atoms. The van der Waals surface area contributed by atoms with Crippen LogP contribution >= 0.6 is 0 Å². The van der Waals surface area contributed by atoms with E-state index in [0.717, 1.165) is 51.7 Å². The SMILES string of the molecule is CCOCC.[N-]=[N+]=C(S(=O)(=O)C1CCCCC1)S(=O)(=O)C1CCCCC1. The smallest absolute Gasteiger partial charge is 0.382 e. The molecule has 2 saturated carbocycles. The molecule has 9 heteroatoms. The molecule has 0 atom stereocenters. The third-order valence-corrected chi connectivity index (χ3v) is 10.2. The van der Waals surface area contributed by atoms with Gasteiger partial charge < -0.3 is 10.3 Å². The molecule has 0 aromatic rings. The summed E-state index contributed by atoms with van der Waals surface area (Å²) < 4.78 is 54.0. The summed E-state index contributed by atoms with van der Waals surface area (Å²) in [6.45, 7) is 5.67. The Kier molecular flexibility index (Phi) is 10.00. The average Bonchev–Trinajstić information content (AvgIpc) is 2.64. The van der Waals surface area contributed by atoms with Crippen molar-refractivity contribution >= 4 is 24.1 Å². The van der Waals surface area contributed by atoms with E-state index in [9.17, 15) is 16.8 Å². The maximum absolute atomic E-state index is 12.5. The molecule has 2 aliphatic carbocycles. The molecule has 2 fully saturated rings. The van der Waals surface area contributed by atoms with Crippen molar-refractivity contribution in [2.24, 2.45) is 0 Å². The van der Waals surface area contributed by atoms with Gasteiger partial charge in [-0.25, -0.2) is 16.8 Å². The lowest BCUT2D eigenvalue weighted by Crippen LogP contribution is -2.40. The molecule has 0 aromatic heterocycles. The predicted molar refractivity (Wildman–Crippen MR) is 102 cm³/mol. The summed E-state index contributed by atoms with van der Waals surface area (Å²) in [6.07, 6.45) is 6.79. The first kappa shape index (κ1) is 23.3. The fourth-order valence-corrected chi connectivity index (χ4v) is 8.33. The monoisotopic (exact) mass is 408 g/mol.